The number of nitrogens with zero attached hydrogens (tertiary/aromatic N) is 3. The van der Waals surface area contributed by atoms with Crippen LogP contribution in [0.5, 0.6) is 0 Å². The minimum Gasteiger partial charge on any atom is -0.371 e. The fraction of sp³-hybridized carbons (Fsp3) is 0.533. The molecule has 41 heavy (non-hydrogen) atoms. The van der Waals surface area contributed by atoms with Crippen molar-refractivity contribution in [3.05, 3.63) is 63.4 Å². The Morgan fingerprint density at radius 1 is 1.02 bits per heavy atom. The van der Waals surface area contributed by atoms with E-state index < -0.39 is 29.4 Å². The molecule has 2 aromatic rings. The Morgan fingerprint density at radius 3 is 2.20 bits per heavy atom. The van der Waals surface area contributed by atoms with Gasteiger partial charge in [0.1, 0.15) is 5.82 Å². The lowest BCUT2D eigenvalue weighted by atomic mass is 9.71. The number of alkyl halides is 3. The van der Waals surface area contributed by atoms with E-state index in [4.69, 9.17) is 23.2 Å². The van der Waals surface area contributed by atoms with Gasteiger partial charge in [0.25, 0.3) is 5.91 Å². The Balaban J connectivity index is 1.33. The van der Waals surface area contributed by atoms with Crippen LogP contribution in [0.3, 0.4) is 0 Å². The van der Waals surface area contributed by atoms with Crippen LogP contribution in [0.4, 0.5) is 23.2 Å². The summed E-state index contributed by atoms with van der Waals surface area (Å²) in [5.41, 5.74) is 0.875. The Kier molecular flexibility index (Phi) is 9.48. The van der Waals surface area contributed by atoms with E-state index in [2.05, 4.69) is 11.8 Å². The second-order valence-corrected chi connectivity index (χ2v) is 12.7. The number of likely N-dealkylation sites (tertiary alicyclic amines) is 1. The first-order chi connectivity index (χ1) is 19.2. The zero-order valence-corrected chi connectivity index (χ0v) is 24.9. The fourth-order valence-corrected chi connectivity index (χ4v) is 6.56. The molecule has 0 bridgehead atoms. The van der Waals surface area contributed by atoms with Crippen LogP contribution in [-0.2, 0) is 4.79 Å². The average molecular weight is 617 g/mol. The van der Waals surface area contributed by atoms with Crippen LogP contribution in [0.1, 0.15) is 60.9 Å². The van der Waals surface area contributed by atoms with Crippen LogP contribution in [0, 0.1) is 17.2 Å². The summed E-state index contributed by atoms with van der Waals surface area (Å²) in [6.07, 6.45) is -0.804. The highest BCUT2D eigenvalue weighted by atomic mass is 35.5. The first kappa shape index (κ1) is 31.4. The number of amides is 2. The molecule has 224 valence electrons. The molecule has 1 unspecified atom stereocenters. The summed E-state index contributed by atoms with van der Waals surface area (Å²) < 4.78 is 55.7. The van der Waals surface area contributed by atoms with Gasteiger partial charge in [0.05, 0.1) is 10.6 Å². The van der Waals surface area contributed by atoms with E-state index in [1.807, 2.05) is 12.1 Å². The second kappa shape index (κ2) is 12.4. The highest BCUT2D eigenvalue weighted by Gasteiger charge is 2.49. The fourth-order valence-electron chi connectivity index (χ4n) is 6.07. The summed E-state index contributed by atoms with van der Waals surface area (Å²) in [7, 11) is 3.37. The Hall–Kier alpha value is -2.52. The molecule has 0 aromatic heterocycles. The van der Waals surface area contributed by atoms with E-state index in [0.29, 0.717) is 29.3 Å². The van der Waals surface area contributed by atoms with Crippen LogP contribution < -0.4 is 4.90 Å². The molecular weight excluding hydrogens is 581 g/mol. The van der Waals surface area contributed by atoms with Crippen molar-refractivity contribution >= 4 is 40.7 Å². The van der Waals surface area contributed by atoms with Crippen molar-refractivity contribution in [1.82, 2.24) is 9.80 Å². The molecule has 2 fully saturated rings. The summed E-state index contributed by atoms with van der Waals surface area (Å²) in [5, 5.41) is 0.240. The normalized spacial score (nSPS) is 18.8. The lowest BCUT2D eigenvalue weighted by molar-refractivity contribution is -0.173. The standard InChI is InChI=1S/C30H35Cl2F4N3O2/c1-29(18-19-6-10-38(11-7-19)23-4-5-24(25(32)17-23)27(40)37(2)3)8-12-39(13-9-29)28(41)26(30(34,35)36)20-14-21(31)16-22(33)15-20/h4-5,14-17,19,26H,6-13,18H2,1-3H3. The van der Waals surface area contributed by atoms with Crippen LogP contribution >= 0.6 is 23.2 Å². The summed E-state index contributed by atoms with van der Waals surface area (Å²) in [4.78, 5) is 30.3. The highest BCUT2D eigenvalue weighted by molar-refractivity contribution is 6.34. The van der Waals surface area contributed by atoms with Crippen molar-refractivity contribution < 1.29 is 27.2 Å². The Labute approximate surface area is 248 Å². The molecule has 0 aliphatic carbocycles. The number of halogens is 6. The molecule has 2 aromatic carbocycles. The quantitative estimate of drug-likeness (QED) is 0.318. The van der Waals surface area contributed by atoms with Crippen molar-refractivity contribution in [3.8, 4) is 0 Å². The number of hydrogen-bond donors (Lipinski definition) is 0. The van der Waals surface area contributed by atoms with E-state index in [0.717, 1.165) is 56.2 Å². The predicted molar refractivity (Wildman–Crippen MR) is 153 cm³/mol. The van der Waals surface area contributed by atoms with Crippen LogP contribution in [0.15, 0.2) is 36.4 Å². The van der Waals surface area contributed by atoms with Crippen LogP contribution in [0.2, 0.25) is 10.0 Å². The number of anilines is 1. The van der Waals surface area contributed by atoms with Gasteiger partial charge in [0.15, 0.2) is 5.92 Å². The first-order valence-corrected chi connectivity index (χ1v) is 14.5. The maximum atomic E-state index is 14.0. The summed E-state index contributed by atoms with van der Waals surface area (Å²) >= 11 is 12.2. The second-order valence-electron chi connectivity index (χ2n) is 11.8. The van der Waals surface area contributed by atoms with Crippen molar-refractivity contribution in [2.45, 2.75) is 51.1 Å². The third-order valence-electron chi connectivity index (χ3n) is 8.43. The maximum Gasteiger partial charge on any atom is 0.404 e. The summed E-state index contributed by atoms with van der Waals surface area (Å²) in [6, 6.07) is 8.16. The number of benzene rings is 2. The van der Waals surface area contributed by atoms with Crippen molar-refractivity contribution in [2.75, 3.05) is 45.2 Å². The molecule has 1 atom stereocenters. The molecule has 5 nitrogen and oxygen atoms in total. The molecule has 2 aliphatic rings. The molecule has 11 heteroatoms. The third-order valence-corrected chi connectivity index (χ3v) is 8.96. The van der Waals surface area contributed by atoms with E-state index in [1.54, 1.807) is 20.2 Å². The molecule has 2 aliphatic heterocycles. The topological polar surface area (TPSA) is 43.9 Å². The van der Waals surface area contributed by atoms with Gasteiger partial charge in [-0.05, 0) is 85.4 Å². The van der Waals surface area contributed by atoms with Gasteiger partial charge < -0.3 is 14.7 Å². The zero-order valence-electron chi connectivity index (χ0n) is 23.4. The number of piperidine rings is 2. The highest BCUT2D eigenvalue weighted by Crippen LogP contribution is 2.43. The summed E-state index contributed by atoms with van der Waals surface area (Å²) in [5.74, 6) is -4.11. The smallest absolute Gasteiger partial charge is 0.371 e. The Bertz CT molecular complexity index is 1250. The zero-order chi connectivity index (χ0) is 30.1. The molecule has 2 amide bonds. The van der Waals surface area contributed by atoms with Gasteiger partial charge in [-0.1, -0.05) is 30.1 Å². The van der Waals surface area contributed by atoms with Gasteiger partial charge in [-0.2, -0.15) is 13.2 Å². The number of hydrogen-bond acceptors (Lipinski definition) is 3. The molecule has 0 saturated carbocycles. The largest absolute Gasteiger partial charge is 0.404 e. The molecule has 2 saturated heterocycles. The minimum absolute atomic E-state index is 0.0863. The van der Waals surface area contributed by atoms with Crippen molar-refractivity contribution in [3.63, 3.8) is 0 Å². The first-order valence-electron chi connectivity index (χ1n) is 13.7. The average Bonchev–Trinajstić information content (AvgIpc) is 2.87. The molecule has 0 radical (unpaired) electrons. The van der Waals surface area contributed by atoms with E-state index in [9.17, 15) is 27.2 Å². The Morgan fingerprint density at radius 2 is 1.66 bits per heavy atom. The third kappa shape index (κ3) is 7.47. The van der Waals surface area contributed by atoms with Crippen LogP contribution in [0.25, 0.3) is 0 Å². The summed E-state index contributed by atoms with van der Waals surface area (Å²) in [6.45, 7) is 4.27. The molecular formula is C30H35Cl2F4N3O2. The maximum absolute atomic E-state index is 14.0. The van der Waals surface area contributed by atoms with Crippen LogP contribution in [-0.4, -0.2) is 68.1 Å². The van der Waals surface area contributed by atoms with E-state index in [-0.39, 0.29) is 29.4 Å². The minimum atomic E-state index is -4.87. The number of rotatable bonds is 6. The SMILES string of the molecule is CN(C)C(=O)c1ccc(N2CCC(CC3(C)CCN(C(=O)C(c4cc(F)cc(Cl)c4)C(F)(F)F)CC3)CC2)cc1Cl. The van der Waals surface area contributed by atoms with Gasteiger partial charge in [-0.25, -0.2) is 4.39 Å². The van der Waals surface area contributed by atoms with Gasteiger partial charge in [0, 0.05) is 51.0 Å². The van der Waals surface area contributed by atoms with E-state index >= 15 is 0 Å². The lowest BCUT2D eigenvalue weighted by Crippen LogP contribution is -2.47. The van der Waals surface area contributed by atoms with Gasteiger partial charge in [0.2, 0.25) is 5.91 Å². The monoisotopic (exact) mass is 615 g/mol. The molecule has 0 spiro atoms. The van der Waals surface area contributed by atoms with Gasteiger partial charge in [-0.15, -0.1) is 0 Å². The van der Waals surface area contributed by atoms with E-state index in [1.165, 1.54) is 9.80 Å². The van der Waals surface area contributed by atoms with Crippen molar-refractivity contribution in [2.24, 2.45) is 11.3 Å². The molecule has 2 heterocycles. The molecule has 0 N–H and O–H groups in total. The lowest BCUT2D eigenvalue weighted by Gasteiger charge is -2.44. The predicted octanol–water partition coefficient (Wildman–Crippen LogP) is 7.42. The molecule has 4 rings (SSSR count). The van der Waals surface area contributed by atoms with Crippen molar-refractivity contribution in [1.29, 1.82) is 0 Å². The van der Waals surface area contributed by atoms with Gasteiger partial charge in [-0.3, -0.25) is 9.59 Å². The van der Waals surface area contributed by atoms with Gasteiger partial charge >= 0.3 is 6.18 Å². The number of carbonyl (C=O) groups is 2. The number of carbonyl (C=O) groups excluding carboxylic acids is 2.